The number of nitrogens with zero attached hydrogens (tertiary/aromatic N) is 1. The van der Waals surface area contributed by atoms with Crippen LogP contribution in [0.15, 0.2) is 54.7 Å². The van der Waals surface area contributed by atoms with Crippen LogP contribution in [-0.4, -0.2) is 34.7 Å². The van der Waals surface area contributed by atoms with Gasteiger partial charge >= 0.3 is 28.0 Å². The lowest BCUT2D eigenvalue weighted by atomic mass is 9.63. The average molecular weight is 589 g/mol. The molecule has 0 aliphatic heterocycles. The molecule has 0 bridgehead atoms. The molecule has 0 amide bonds. The standard InChI is InChI=1S/C23H19F6NO.CHF3O3S/c24-22(25,26)16-7-9-21(10-8-16,15-3-5-19(31)6-4-15)18-11-14-1-2-17(23(27,28)29)12-20(14)30-13-18;2-1(3,4)8(5,6)7/h1-6,11-13,16,31H,7-10H2;(H,5,6,7). The van der Waals surface area contributed by atoms with E-state index in [0.29, 0.717) is 10.9 Å². The van der Waals surface area contributed by atoms with Gasteiger partial charge in [0.05, 0.1) is 17.0 Å². The molecule has 1 saturated carbocycles. The van der Waals surface area contributed by atoms with Crippen LogP contribution >= 0.6 is 0 Å². The van der Waals surface area contributed by atoms with E-state index in [9.17, 15) is 44.6 Å². The predicted octanol–water partition coefficient (Wildman–Crippen LogP) is 7.39. The van der Waals surface area contributed by atoms with Crippen molar-refractivity contribution in [2.24, 2.45) is 5.92 Å². The third-order valence-corrected chi connectivity index (χ3v) is 7.16. The summed E-state index contributed by atoms with van der Waals surface area (Å²) in [6, 6.07) is 11.3. The molecule has 0 unspecified atom stereocenters. The molecule has 1 aliphatic rings. The number of aromatic nitrogens is 1. The van der Waals surface area contributed by atoms with Gasteiger partial charge in [-0.1, -0.05) is 18.2 Å². The molecule has 0 saturated heterocycles. The van der Waals surface area contributed by atoms with Gasteiger partial charge in [0.1, 0.15) is 5.75 Å². The Kier molecular flexibility index (Phi) is 8.19. The third-order valence-electron chi connectivity index (χ3n) is 6.58. The highest BCUT2D eigenvalue weighted by Crippen LogP contribution is 2.50. The second-order valence-electron chi connectivity index (χ2n) is 8.99. The minimum Gasteiger partial charge on any atom is -0.508 e. The monoisotopic (exact) mass is 589 g/mol. The van der Waals surface area contributed by atoms with E-state index < -0.39 is 44.9 Å². The number of phenols is 1. The van der Waals surface area contributed by atoms with Crippen LogP contribution in [0.5, 0.6) is 5.75 Å². The van der Waals surface area contributed by atoms with Gasteiger partial charge in [0.25, 0.3) is 0 Å². The summed E-state index contributed by atoms with van der Waals surface area (Å²) in [5.41, 5.74) is -5.53. The highest BCUT2D eigenvalue weighted by atomic mass is 32.2. The lowest BCUT2D eigenvalue weighted by Crippen LogP contribution is -2.37. The van der Waals surface area contributed by atoms with Gasteiger partial charge in [0, 0.05) is 17.0 Å². The van der Waals surface area contributed by atoms with Gasteiger partial charge in [-0.25, -0.2) is 0 Å². The second kappa shape index (κ2) is 10.5. The van der Waals surface area contributed by atoms with E-state index in [1.165, 1.54) is 24.4 Å². The molecule has 214 valence electrons. The molecule has 0 atom stereocenters. The van der Waals surface area contributed by atoms with Crippen molar-refractivity contribution < 1.29 is 57.6 Å². The molecule has 1 aliphatic carbocycles. The maximum Gasteiger partial charge on any atom is 0.522 e. The topological polar surface area (TPSA) is 87.5 Å². The first kappa shape index (κ1) is 30.5. The van der Waals surface area contributed by atoms with E-state index in [0.717, 1.165) is 17.7 Å². The molecule has 2 aromatic carbocycles. The Morgan fingerprint density at radius 1 is 0.821 bits per heavy atom. The summed E-state index contributed by atoms with van der Waals surface area (Å²) in [7, 11) is -5.84. The number of halogens is 9. The fourth-order valence-electron chi connectivity index (χ4n) is 4.52. The van der Waals surface area contributed by atoms with E-state index in [2.05, 4.69) is 4.98 Å². The summed E-state index contributed by atoms with van der Waals surface area (Å²) in [6.45, 7) is 0. The summed E-state index contributed by atoms with van der Waals surface area (Å²) in [6.07, 6.45) is -6.98. The van der Waals surface area contributed by atoms with Crippen LogP contribution in [0.25, 0.3) is 10.9 Å². The Balaban J connectivity index is 0.000000459. The zero-order chi connectivity index (χ0) is 29.4. The Bertz CT molecular complexity index is 1410. The number of hydrogen-bond donors (Lipinski definition) is 2. The Labute approximate surface area is 216 Å². The Morgan fingerprint density at radius 2 is 1.36 bits per heavy atom. The van der Waals surface area contributed by atoms with Gasteiger partial charge in [-0.2, -0.15) is 47.9 Å². The van der Waals surface area contributed by atoms with E-state index in [-0.39, 0.29) is 36.9 Å². The molecule has 39 heavy (non-hydrogen) atoms. The molecule has 1 heterocycles. The molecule has 2 N–H and O–H groups in total. The number of hydrogen-bond acceptors (Lipinski definition) is 4. The van der Waals surface area contributed by atoms with Crippen molar-refractivity contribution in [3.63, 3.8) is 0 Å². The normalized spacial score (nSPS) is 20.8. The molecule has 3 aromatic rings. The maximum absolute atomic E-state index is 13.3. The smallest absolute Gasteiger partial charge is 0.508 e. The van der Waals surface area contributed by atoms with Gasteiger partial charge in [-0.3, -0.25) is 9.54 Å². The van der Waals surface area contributed by atoms with Gasteiger partial charge in [0.15, 0.2) is 0 Å². The van der Waals surface area contributed by atoms with E-state index >= 15 is 0 Å². The van der Waals surface area contributed by atoms with Crippen LogP contribution in [-0.2, 0) is 21.7 Å². The number of aromatic hydroxyl groups is 1. The molecule has 4 rings (SSSR count). The lowest BCUT2D eigenvalue weighted by molar-refractivity contribution is -0.184. The summed E-state index contributed by atoms with van der Waals surface area (Å²) in [4.78, 5) is 4.21. The number of fused-ring (bicyclic) bond motifs is 1. The molecule has 1 fully saturated rings. The van der Waals surface area contributed by atoms with Crippen LogP contribution in [0.2, 0.25) is 0 Å². The second-order valence-corrected chi connectivity index (χ2v) is 10.4. The maximum atomic E-state index is 13.3. The van der Waals surface area contributed by atoms with E-state index in [1.807, 2.05) is 0 Å². The highest BCUT2D eigenvalue weighted by molar-refractivity contribution is 7.86. The van der Waals surface area contributed by atoms with Gasteiger partial charge in [-0.05, 0) is 67.1 Å². The zero-order valence-electron chi connectivity index (χ0n) is 19.6. The summed E-state index contributed by atoms with van der Waals surface area (Å²) in [5.74, 6) is -1.35. The van der Waals surface area contributed by atoms with Crippen molar-refractivity contribution in [3.05, 3.63) is 71.4 Å². The first-order valence-electron chi connectivity index (χ1n) is 11.1. The summed E-state index contributed by atoms with van der Waals surface area (Å²) in [5, 5.41) is 10.1. The summed E-state index contributed by atoms with van der Waals surface area (Å²) >= 11 is 0. The molecular weight excluding hydrogens is 569 g/mol. The minimum atomic E-state index is -5.84. The Morgan fingerprint density at radius 3 is 1.82 bits per heavy atom. The van der Waals surface area contributed by atoms with Crippen LogP contribution in [0.3, 0.4) is 0 Å². The van der Waals surface area contributed by atoms with Crippen molar-refractivity contribution in [2.75, 3.05) is 0 Å². The van der Waals surface area contributed by atoms with Crippen LogP contribution in [0.1, 0.15) is 42.4 Å². The van der Waals surface area contributed by atoms with Crippen LogP contribution in [0.4, 0.5) is 39.5 Å². The number of pyridine rings is 1. The molecule has 0 radical (unpaired) electrons. The lowest BCUT2D eigenvalue weighted by Gasteiger charge is -2.41. The van der Waals surface area contributed by atoms with Crippen molar-refractivity contribution in [2.45, 2.75) is 49.0 Å². The van der Waals surface area contributed by atoms with Crippen molar-refractivity contribution in [1.82, 2.24) is 4.98 Å². The number of alkyl halides is 9. The average Bonchev–Trinajstić information content (AvgIpc) is 2.82. The van der Waals surface area contributed by atoms with Crippen molar-refractivity contribution in [1.29, 1.82) is 0 Å². The highest BCUT2D eigenvalue weighted by Gasteiger charge is 2.47. The number of phenolic OH excluding ortho intramolecular Hbond substituents is 1. The van der Waals surface area contributed by atoms with Gasteiger partial charge in [-0.15, -0.1) is 0 Å². The molecular formula is C24H20F9NO4S. The molecule has 1 aromatic heterocycles. The third kappa shape index (κ3) is 6.93. The largest absolute Gasteiger partial charge is 0.522 e. The number of rotatable bonds is 2. The molecule has 15 heteroatoms. The molecule has 5 nitrogen and oxygen atoms in total. The predicted molar refractivity (Wildman–Crippen MR) is 121 cm³/mol. The van der Waals surface area contributed by atoms with Crippen LogP contribution < -0.4 is 0 Å². The minimum absolute atomic E-state index is 0.0409. The first-order valence-corrected chi connectivity index (χ1v) is 12.6. The summed E-state index contributed by atoms with van der Waals surface area (Å²) < 4.78 is 136. The quantitative estimate of drug-likeness (QED) is 0.185. The van der Waals surface area contributed by atoms with Crippen LogP contribution in [0, 0.1) is 5.92 Å². The zero-order valence-corrected chi connectivity index (χ0v) is 20.4. The van der Waals surface area contributed by atoms with E-state index in [1.54, 1.807) is 18.2 Å². The fourth-order valence-corrected chi connectivity index (χ4v) is 4.52. The molecule has 0 spiro atoms. The Hall–Kier alpha value is -3.07. The van der Waals surface area contributed by atoms with Gasteiger partial charge in [0.2, 0.25) is 0 Å². The van der Waals surface area contributed by atoms with E-state index in [4.69, 9.17) is 13.0 Å². The fraction of sp³-hybridized carbons (Fsp3) is 0.375. The first-order chi connectivity index (χ1) is 17.7. The SMILES string of the molecule is O=S(=O)(O)C(F)(F)F.Oc1ccc(C2(c3cnc4cc(C(F)(F)F)ccc4c3)CCC(C(F)(F)F)CC2)cc1. The van der Waals surface area contributed by atoms with Gasteiger partial charge < -0.3 is 5.11 Å². The van der Waals surface area contributed by atoms with Crippen molar-refractivity contribution >= 4 is 21.0 Å². The van der Waals surface area contributed by atoms with Crippen molar-refractivity contribution in [3.8, 4) is 5.75 Å². The number of benzene rings is 2.